The van der Waals surface area contributed by atoms with Crippen molar-refractivity contribution in [3.05, 3.63) is 0 Å². The van der Waals surface area contributed by atoms with Crippen molar-refractivity contribution in [3.8, 4) is 0 Å². The van der Waals surface area contributed by atoms with Crippen LogP contribution in [0.5, 0.6) is 0 Å². The van der Waals surface area contributed by atoms with Gasteiger partial charge in [0.1, 0.15) is 0 Å². The SMILES string of the molecule is CC(O)C(C)NC1CCCC(O)C1. The van der Waals surface area contributed by atoms with Crippen LogP contribution in [-0.4, -0.2) is 34.5 Å². The standard InChI is InChI=1S/C10H21NO2/c1-7(8(2)12)11-9-4-3-5-10(13)6-9/h7-13H,3-6H2,1-2H3. The summed E-state index contributed by atoms with van der Waals surface area (Å²) in [4.78, 5) is 0. The molecule has 0 amide bonds. The zero-order valence-electron chi connectivity index (χ0n) is 8.53. The topological polar surface area (TPSA) is 52.5 Å². The Morgan fingerprint density at radius 2 is 2.00 bits per heavy atom. The van der Waals surface area contributed by atoms with Gasteiger partial charge in [-0.3, -0.25) is 0 Å². The zero-order chi connectivity index (χ0) is 9.84. The average Bonchev–Trinajstić information content (AvgIpc) is 2.04. The lowest BCUT2D eigenvalue weighted by atomic mass is 9.92. The van der Waals surface area contributed by atoms with Crippen LogP contribution in [0.25, 0.3) is 0 Å². The Morgan fingerprint density at radius 3 is 2.54 bits per heavy atom. The Bertz CT molecular complexity index is 150. The first-order valence-corrected chi connectivity index (χ1v) is 5.21. The molecule has 0 bridgehead atoms. The Morgan fingerprint density at radius 1 is 1.31 bits per heavy atom. The lowest BCUT2D eigenvalue weighted by Crippen LogP contribution is -2.45. The van der Waals surface area contributed by atoms with E-state index in [2.05, 4.69) is 5.32 Å². The fourth-order valence-corrected chi connectivity index (χ4v) is 1.83. The van der Waals surface area contributed by atoms with E-state index in [9.17, 15) is 10.2 Å². The molecule has 0 aromatic carbocycles. The van der Waals surface area contributed by atoms with E-state index < -0.39 is 0 Å². The minimum Gasteiger partial charge on any atom is -0.393 e. The van der Waals surface area contributed by atoms with Crippen molar-refractivity contribution in [2.75, 3.05) is 0 Å². The molecule has 78 valence electrons. The predicted octanol–water partition coefficient (Wildman–Crippen LogP) is 0.649. The summed E-state index contributed by atoms with van der Waals surface area (Å²) in [5.74, 6) is 0. The Labute approximate surface area is 80.2 Å². The van der Waals surface area contributed by atoms with Crippen molar-refractivity contribution in [1.82, 2.24) is 5.32 Å². The smallest absolute Gasteiger partial charge is 0.0662 e. The maximum Gasteiger partial charge on any atom is 0.0662 e. The van der Waals surface area contributed by atoms with Crippen molar-refractivity contribution in [2.24, 2.45) is 0 Å². The van der Waals surface area contributed by atoms with E-state index in [0.29, 0.717) is 6.04 Å². The molecule has 1 aliphatic rings. The van der Waals surface area contributed by atoms with Crippen LogP contribution in [0.3, 0.4) is 0 Å². The van der Waals surface area contributed by atoms with Gasteiger partial charge in [0.2, 0.25) is 0 Å². The Kier molecular flexibility index (Phi) is 4.16. The van der Waals surface area contributed by atoms with Gasteiger partial charge in [-0.15, -0.1) is 0 Å². The van der Waals surface area contributed by atoms with Crippen LogP contribution in [0.1, 0.15) is 39.5 Å². The molecule has 0 spiro atoms. The molecule has 0 aromatic rings. The highest BCUT2D eigenvalue weighted by Gasteiger charge is 2.22. The molecule has 4 unspecified atom stereocenters. The number of aliphatic hydroxyl groups excluding tert-OH is 2. The fraction of sp³-hybridized carbons (Fsp3) is 1.00. The second kappa shape index (κ2) is 4.94. The first-order chi connectivity index (χ1) is 6.09. The van der Waals surface area contributed by atoms with Gasteiger partial charge in [0.15, 0.2) is 0 Å². The summed E-state index contributed by atoms with van der Waals surface area (Å²) in [5.41, 5.74) is 0. The van der Waals surface area contributed by atoms with Crippen LogP contribution in [0.15, 0.2) is 0 Å². The van der Waals surface area contributed by atoms with Crippen LogP contribution in [0.4, 0.5) is 0 Å². The molecule has 1 fully saturated rings. The summed E-state index contributed by atoms with van der Waals surface area (Å²) in [5, 5.41) is 22.1. The van der Waals surface area contributed by atoms with E-state index in [-0.39, 0.29) is 18.2 Å². The van der Waals surface area contributed by atoms with Crippen molar-refractivity contribution < 1.29 is 10.2 Å². The third-order valence-electron chi connectivity index (χ3n) is 2.87. The Balaban J connectivity index is 2.27. The molecule has 1 rings (SSSR count). The van der Waals surface area contributed by atoms with Crippen molar-refractivity contribution in [3.63, 3.8) is 0 Å². The molecule has 0 aliphatic heterocycles. The van der Waals surface area contributed by atoms with Gasteiger partial charge >= 0.3 is 0 Å². The predicted molar refractivity (Wildman–Crippen MR) is 52.5 cm³/mol. The van der Waals surface area contributed by atoms with Gasteiger partial charge in [0, 0.05) is 12.1 Å². The molecule has 0 radical (unpaired) electrons. The normalized spacial score (nSPS) is 34.2. The summed E-state index contributed by atoms with van der Waals surface area (Å²) in [6.07, 6.45) is 3.50. The van der Waals surface area contributed by atoms with Gasteiger partial charge in [-0.25, -0.2) is 0 Å². The van der Waals surface area contributed by atoms with Crippen molar-refractivity contribution >= 4 is 0 Å². The van der Waals surface area contributed by atoms with Crippen molar-refractivity contribution in [1.29, 1.82) is 0 Å². The first kappa shape index (κ1) is 11.0. The van der Waals surface area contributed by atoms with Gasteiger partial charge in [-0.1, -0.05) is 0 Å². The molecule has 4 atom stereocenters. The molecule has 13 heavy (non-hydrogen) atoms. The van der Waals surface area contributed by atoms with Gasteiger partial charge in [-0.05, 0) is 39.5 Å². The number of hydrogen-bond donors (Lipinski definition) is 3. The highest BCUT2D eigenvalue weighted by atomic mass is 16.3. The largest absolute Gasteiger partial charge is 0.393 e. The molecule has 3 N–H and O–H groups in total. The van der Waals surface area contributed by atoms with Gasteiger partial charge in [-0.2, -0.15) is 0 Å². The minimum absolute atomic E-state index is 0.121. The molecular formula is C10H21NO2. The van der Waals surface area contributed by atoms with Crippen LogP contribution < -0.4 is 5.32 Å². The van der Waals surface area contributed by atoms with E-state index >= 15 is 0 Å². The van der Waals surface area contributed by atoms with E-state index in [0.717, 1.165) is 25.7 Å². The highest BCUT2D eigenvalue weighted by Crippen LogP contribution is 2.18. The van der Waals surface area contributed by atoms with Gasteiger partial charge < -0.3 is 15.5 Å². The van der Waals surface area contributed by atoms with Crippen LogP contribution in [0, 0.1) is 0 Å². The molecule has 1 aliphatic carbocycles. The molecule has 3 nitrogen and oxygen atoms in total. The second-order valence-electron chi connectivity index (χ2n) is 4.21. The quantitative estimate of drug-likeness (QED) is 0.608. The number of hydrogen-bond acceptors (Lipinski definition) is 3. The average molecular weight is 187 g/mol. The lowest BCUT2D eigenvalue weighted by Gasteiger charge is -2.30. The molecule has 0 aromatic heterocycles. The third kappa shape index (κ3) is 3.63. The Hall–Kier alpha value is -0.120. The van der Waals surface area contributed by atoms with E-state index in [1.807, 2.05) is 6.92 Å². The summed E-state index contributed by atoms with van der Waals surface area (Å²) < 4.78 is 0. The number of aliphatic hydroxyl groups is 2. The maximum absolute atomic E-state index is 9.43. The van der Waals surface area contributed by atoms with E-state index in [1.54, 1.807) is 6.92 Å². The lowest BCUT2D eigenvalue weighted by molar-refractivity contribution is 0.0929. The van der Waals surface area contributed by atoms with Gasteiger partial charge in [0.05, 0.1) is 12.2 Å². The first-order valence-electron chi connectivity index (χ1n) is 5.21. The molecule has 1 saturated carbocycles. The summed E-state index contributed by atoms with van der Waals surface area (Å²) in [7, 11) is 0. The van der Waals surface area contributed by atoms with Crippen LogP contribution in [0.2, 0.25) is 0 Å². The number of rotatable bonds is 3. The highest BCUT2D eigenvalue weighted by molar-refractivity contribution is 4.80. The zero-order valence-corrected chi connectivity index (χ0v) is 8.53. The van der Waals surface area contributed by atoms with Crippen LogP contribution >= 0.6 is 0 Å². The fourth-order valence-electron chi connectivity index (χ4n) is 1.83. The van der Waals surface area contributed by atoms with Crippen LogP contribution in [-0.2, 0) is 0 Å². The van der Waals surface area contributed by atoms with E-state index in [1.165, 1.54) is 0 Å². The molecular weight excluding hydrogens is 166 g/mol. The van der Waals surface area contributed by atoms with Gasteiger partial charge in [0.25, 0.3) is 0 Å². The minimum atomic E-state index is -0.320. The summed E-state index contributed by atoms with van der Waals surface area (Å²) >= 11 is 0. The monoisotopic (exact) mass is 187 g/mol. The molecule has 0 heterocycles. The number of nitrogens with one attached hydrogen (secondary N) is 1. The maximum atomic E-state index is 9.43. The van der Waals surface area contributed by atoms with Crippen molar-refractivity contribution in [2.45, 2.75) is 63.8 Å². The summed E-state index contributed by atoms with van der Waals surface area (Å²) in [6, 6.07) is 0.503. The van der Waals surface area contributed by atoms with E-state index in [4.69, 9.17) is 0 Å². The molecule has 3 heteroatoms. The second-order valence-corrected chi connectivity index (χ2v) is 4.21. The summed E-state index contributed by atoms with van der Waals surface area (Å²) in [6.45, 7) is 3.77. The molecule has 0 saturated heterocycles. The third-order valence-corrected chi connectivity index (χ3v) is 2.87.